The first-order valence-corrected chi connectivity index (χ1v) is 18.8. The molecule has 0 aliphatic carbocycles. The van der Waals surface area contributed by atoms with Gasteiger partial charge in [-0.25, -0.2) is 0 Å². The normalized spacial score (nSPS) is 13.3. The molecule has 0 aromatic heterocycles. The van der Waals surface area contributed by atoms with Gasteiger partial charge in [-0.2, -0.15) is 0 Å². The minimum absolute atomic E-state index is 0.100. The van der Waals surface area contributed by atoms with Crippen LogP contribution in [0.25, 0.3) is 0 Å². The summed E-state index contributed by atoms with van der Waals surface area (Å²) in [5, 5.41) is 9.54. The predicted molar refractivity (Wildman–Crippen MR) is 205 cm³/mol. The van der Waals surface area contributed by atoms with Crippen molar-refractivity contribution in [3.05, 3.63) is 97.2 Å². The molecule has 0 rings (SSSR count). The fourth-order valence-corrected chi connectivity index (χ4v) is 4.60. The summed E-state index contributed by atoms with van der Waals surface area (Å²) in [6.45, 7) is 3.83. The molecule has 0 bridgehead atoms. The lowest BCUT2D eigenvalue weighted by Crippen LogP contribution is -2.28. The van der Waals surface area contributed by atoms with Gasteiger partial charge in [0.25, 0.3) is 0 Å². The van der Waals surface area contributed by atoms with Crippen molar-refractivity contribution >= 4 is 11.9 Å². The van der Waals surface area contributed by atoms with E-state index in [-0.39, 0.29) is 31.6 Å². The Kier molecular flexibility index (Phi) is 35.7. The zero-order valence-electron chi connectivity index (χ0n) is 30.5. The molecule has 0 radical (unpaired) electrons. The first kappa shape index (κ1) is 44.8. The smallest absolute Gasteiger partial charge is 0.306 e. The van der Waals surface area contributed by atoms with Crippen molar-refractivity contribution in [2.24, 2.45) is 0 Å². The average Bonchev–Trinajstić information content (AvgIpc) is 3.09. The topological polar surface area (TPSA) is 72.8 Å². The molecule has 48 heavy (non-hydrogen) atoms. The van der Waals surface area contributed by atoms with Crippen LogP contribution in [-0.4, -0.2) is 36.4 Å². The second kappa shape index (κ2) is 38.3. The molecule has 0 fully saturated rings. The molecule has 0 aliphatic rings. The van der Waals surface area contributed by atoms with Crippen LogP contribution in [0.1, 0.15) is 142 Å². The van der Waals surface area contributed by atoms with Gasteiger partial charge in [0.05, 0.1) is 6.61 Å². The van der Waals surface area contributed by atoms with Crippen LogP contribution >= 0.6 is 0 Å². The highest BCUT2D eigenvalue weighted by molar-refractivity contribution is 5.70. The Morgan fingerprint density at radius 1 is 0.479 bits per heavy atom. The quantitative estimate of drug-likeness (QED) is 0.0440. The van der Waals surface area contributed by atoms with Crippen molar-refractivity contribution in [2.75, 3.05) is 13.2 Å². The van der Waals surface area contributed by atoms with Gasteiger partial charge in [-0.3, -0.25) is 9.59 Å². The van der Waals surface area contributed by atoms with Crippen LogP contribution in [0.4, 0.5) is 0 Å². The SMILES string of the molecule is CC/C=C\C/C=C\C/C=C\C/C=C\C/C=C\CCCC(=O)OC(CO)COC(=O)CCCCCCCCC/C=C\C/C=C\C/C=C\CC. The Balaban J connectivity index is 3.72. The van der Waals surface area contributed by atoms with E-state index in [1.165, 1.54) is 25.7 Å². The van der Waals surface area contributed by atoms with Crippen LogP contribution in [0.2, 0.25) is 0 Å². The Morgan fingerprint density at radius 3 is 1.31 bits per heavy atom. The number of carbonyl (C=O) groups excluding carboxylic acids is 2. The molecule has 0 aliphatic heterocycles. The van der Waals surface area contributed by atoms with Gasteiger partial charge in [-0.05, 0) is 83.5 Å². The van der Waals surface area contributed by atoms with E-state index >= 15 is 0 Å². The third kappa shape index (κ3) is 35.7. The van der Waals surface area contributed by atoms with Crippen LogP contribution in [0.5, 0.6) is 0 Å². The monoisotopic (exact) mass is 665 g/mol. The summed E-state index contributed by atoms with van der Waals surface area (Å²) in [5.74, 6) is -0.682. The Morgan fingerprint density at radius 2 is 0.854 bits per heavy atom. The maximum atomic E-state index is 12.1. The van der Waals surface area contributed by atoms with Crippen molar-refractivity contribution in [1.82, 2.24) is 0 Å². The lowest BCUT2D eigenvalue weighted by Gasteiger charge is -2.15. The van der Waals surface area contributed by atoms with E-state index in [0.717, 1.165) is 83.5 Å². The average molecular weight is 665 g/mol. The van der Waals surface area contributed by atoms with Crippen molar-refractivity contribution in [1.29, 1.82) is 0 Å². The maximum absolute atomic E-state index is 12.1. The van der Waals surface area contributed by atoms with Gasteiger partial charge in [-0.15, -0.1) is 0 Å². The van der Waals surface area contributed by atoms with Crippen LogP contribution in [0.15, 0.2) is 97.2 Å². The minimum Gasteiger partial charge on any atom is -0.462 e. The Bertz CT molecular complexity index is 979. The number of allylic oxidation sites excluding steroid dienone is 16. The molecule has 0 spiro atoms. The van der Waals surface area contributed by atoms with Gasteiger partial charge in [0.1, 0.15) is 6.61 Å². The zero-order valence-corrected chi connectivity index (χ0v) is 30.5. The maximum Gasteiger partial charge on any atom is 0.306 e. The first-order valence-electron chi connectivity index (χ1n) is 18.8. The fourth-order valence-electron chi connectivity index (χ4n) is 4.60. The molecule has 1 unspecified atom stereocenters. The molecular weight excluding hydrogens is 596 g/mol. The summed E-state index contributed by atoms with van der Waals surface area (Å²) >= 11 is 0. The summed E-state index contributed by atoms with van der Waals surface area (Å²) in [7, 11) is 0. The molecule has 0 saturated heterocycles. The van der Waals surface area contributed by atoms with Crippen molar-refractivity contribution in [3.8, 4) is 0 Å². The van der Waals surface area contributed by atoms with E-state index in [1.54, 1.807) is 0 Å². The lowest BCUT2D eigenvalue weighted by molar-refractivity contribution is -0.161. The minimum atomic E-state index is -0.811. The van der Waals surface area contributed by atoms with E-state index in [1.807, 2.05) is 0 Å². The van der Waals surface area contributed by atoms with Gasteiger partial charge in [0, 0.05) is 12.8 Å². The number of hydrogen-bond acceptors (Lipinski definition) is 5. The van der Waals surface area contributed by atoms with E-state index in [9.17, 15) is 14.7 Å². The molecule has 1 N–H and O–H groups in total. The zero-order chi connectivity index (χ0) is 35.0. The van der Waals surface area contributed by atoms with E-state index in [2.05, 4.69) is 111 Å². The third-order valence-corrected chi connectivity index (χ3v) is 7.37. The third-order valence-electron chi connectivity index (χ3n) is 7.37. The highest BCUT2D eigenvalue weighted by Crippen LogP contribution is 2.11. The van der Waals surface area contributed by atoms with Crippen molar-refractivity contribution < 1.29 is 24.2 Å². The number of hydrogen-bond donors (Lipinski definition) is 1. The molecule has 1 atom stereocenters. The molecule has 5 nitrogen and oxygen atoms in total. The Hall–Kier alpha value is -3.18. The van der Waals surface area contributed by atoms with Crippen molar-refractivity contribution in [3.63, 3.8) is 0 Å². The predicted octanol–water partition coefficient (Wildman–Crippen LogP) is 11.7. The molecule has 0 saturated carbocycles. The second-order valence-corrected chi connectivity index (χ2v) is 11.9. The van der Waals surface area contributed by atoms with E-state index in [4.69, 9.17) is 9.47 Å². The lowest BCUT2D eigenvalue weighted by atomic mass is 10.1. The largest absolute Gasteiger partial charge is 0.462 e. The molecule has 0 heterocycles. The Labute approximate surface area is 294 Å². The number of rotatable bonds is 32. The van der Waals surface area contributed by atoms with Gasteiger partial charge in [0.2, 0.25) is 0 Å². The number of ether oxygens (including phenoxy) is 2. The summed E-state index contributed by atoms with van der Waals surface area (Å²) in [6.07, 6.45) is 53.2. The summed E-state index contributed by atoms with van der Waals surface area (Å²) in [4.78, 5) is 24.2. The van der Waals surface area contributed by atoms with Gasteiger partial charge in [0.15, 0.2) is 6.10 Å². The van der Waals surface area contributed by atoms with Gasteiger partial charge < -0.3 is 14.6 Å². The molecular formula is C43H68O5. The number of aliphatic hydroxyl groups is 1. The summed E-state index contributed by atoms with van der Waals surface area (Å²) in [5.41, 5.74) is 0. The molecule has 5 heteroatoms. The van der Waals surface area contributed by atoms with E-state index in [0.29, 0.717) is 12.8 Å². The van der Waals surface area contributed by atoms with Crippen LogP contribution in [0.3, 0.4) is 0 Å². The van der Waals surface area contributed by atoms with Crippen molar-refractivity contribution in [2.45, 2.75) is 148 Å². The van der Waals surface area contributed by atoms with Gasteiger partial charge >= 0.3 is 11.9 Å². The van der Waals surface area contributed by atoms with Gasteiger partial charge in [-0.1, -0.05) is 143 Å². The molecule has 270 valence electrons. The molecule has 0 aromatic rings. The summed E-state index contributed by atoms with van der Waals surface area (Å²) in [6, 6.07) is 0. The number of carbonyl (C=O) groups is 2. The van der Waals surface area contributed by atoms with Crippen LogP contribution < -0.4 is 0 Å². The van der Waals surface area contributed by atoms with Crippen LogP contribution in [-0.2, 0) is 19.1 Å². The molecule has 0 amide bonds. The number of esters is 2. The summed E-state index contributed by atoms with van der Waals surface area (Å²) < 4.78 is 10.5. The van der Waals surface area contributed by atoms with Crippen LogP contribution in [0, 0.1) is 0 Å². The highest BCUT2D eigenvalue weighted by atomic mass is 16.6. The molecule has 0 aromatic carbocycles. The number of unbranched alkanes of at least 4 members (excludes halogenated alkanes) is 8. The first-order chi connectivity index (χ1) is 23.6. The number of aliphatic hydroxyl groups excluding tert-OH is 1. The van der Waals surface area contributed by atoms with E-state index < -0.39 is 6.10 Å². The highest BCUT2D eigenvalue weighted by Gasteiger charge is 2.15. The second-order valence-electron chi connectivity index (χ2n) is 11.9. The standard InChI is InChI=1S/C43H68O5/c1-3-5-7-9-11-13-15-17-19-21-23-25-27-29-31-33-35-37-42(45)47-40-41(39-44)48-43(46)38-36-34-32-30-28-26-24-22-20-18-16-14-12-10-8-6-4-2/h5-8,11-14,17-20,24,26,30,32,41,44H,3-4,9-10,15-16,21-23,25,27-29,31,33-40H2,1-2H3/b7-5-,8-6-,13-11-,14-12-,19-17-,20-18-,26-24-,32-30-. The fraction of sp³-hybridized carbons (Fsp3) is 0.581.